The second kappa shape index (κ2) is 22.8. The molecule has 8 saturated heterocycles. The van der Waals surface area contributed by atoms with Gasteiger partial charge < -0.3 is 63.0 Å². The molecule has 0 N–H and O–H groups in total. The van der Waals surface area contributed by atoms with Crippen molar-refractivity contribution >= 4 is 152 Å². The van der Waals surface area contributed by atoms with Gasteiger partial charge in [0.05, 0.1) is 24.7 Å². The van der Waals surface area contributed by atoms with Gasteiger partial charge in [0.2, 0.25) is 0 Å². The summed E-state index contributed by atoms with van der Waals surface area (Å²) in [5, 5.41) is 3.53. The molecule has 0 spiro atoms. The minimum absolute atomic E-state index is 0.171. The van der Waals surface area contributed by atoms with E-state index in [-0.39, 0.29) is 30.6 Å². The largest absolute Gasteiger partial charge is 0.515 e. The van der Waals surface area contributed by atoms with Crippen LogP contribution in [0.3, 0.4) is 0 Å². The molecular weight excluding hydrogens is 1320 g/mol. The van der Waals surface area contributed by atoms with Crippen LogP contribution in [0.5, 0.6) is 0 Å². The first kappa shape index (κ1) is 60.0. The molecule has 12 atom stereocenters. The summed E-state index contributed by atoms with van der Waals surface area (Å²) in [6, 6.07) is 74.4. The number of ether oxygens (including phenoxy) is 2. The Morgan fingerprint density at radius 2 is 0.489 bits per heavy atom. The van der Waals surface area contributed by atoms with Crippen LogP contribution in [0.2, 0.25) is 30.8 Å². The first-order valence-electron chi connectivity index (χ1n) is 29.6. The number of fused-ring (bicyclic) bond motifs is 4. The lowest BCUT2D eigenvalue weighted by molar-refractivity contribution is -0.154. The van der Waals surface area contributed by atoms with E-state index in [1.54, 1.807) is 0 Å². The van der Waals surface area contributed by atoms with Crippen LogP contribution in [-0.4, -0.2) is 111 Å². The van der Waals surface area contributed by atoms with E-state index in [1.807, 2.05) is 256 Å². The average molecular weight is 1380 g/mol. The lowest BCUT2D eigenvalue weighted by Crippen LogP contribution is -2.92. The van der Waals surface area contributed by atoms with Crippen molar-refractivity contribution in [2.45, 2.75) is 43.7 Å². The zero-order valence-corrected chi connectivity index (χ0v) is 58.5. The molecule has 19 nitrogen and oxygen atoms in total. The van der Waals surface area contributed by atoms with E-state index in [0.717, 1.165) is 0 Å². The van der Waals surface area contributed by atoms with E-state index in [2.05, 4.69) is 0 Å². The van der Waals surface area contributed by atoms with Crippen LogP contribution in [0.1, 0.15) is 12.8 Å². The summed E-state index contributed by atoms with van der Waals surface area (Å²) in [6.45, 7) is 3.67. The van der Waals surface area contributed by atoms with Crippen LogP contribution in [0.25, 0.3) is 0 Å². The minimum atomic E-state index is -5.41. The third-order valence-corrected chi connectivity index (χ3v) is 63.1. The monoisotopic (exact) mass is 1370 g/mol. The summed E-state index contributed by atoms with van der Waals surface area (Å²) in [4.78, 5) is 55.4. The molecular formula is C61H58O19Si10. The van der Waals surface area contributed by atoms with Crippen molar-refractivity contribution in [3.63, 3.8) is 0 Å². The van der Waals surface area contributed by atoms with Gasteiger partial charge in [0.1, 0.15) is 0 Å². The molecule has 0 saturated carbocycles. The highest BCUT2D eigenvalue weighted by atomic mass is 28.6. The van der Waals surface area contributed by atoms with Crippen molar-refractivity contribution in [2.24, 2.45) is 11.8 Å². The van der Waals surface area contributed by atoms with E-state index in [4.69, 9.17) is 63.0 Å². The Balaban J connectivity index is 1.20. The maximum atomic E-state index is 14.3. The molecule has 0 aliphatic carbocycles. The lowest BCUT2D eigenvalue weighted by atomic mass is 10.1. The van der Waals surface area contributed by atoms with Gasteiger partial charge in [0.15, 0.2) is 0 Å². The molecule has 90 heavy (non-hydrogen) atoms. The molecule has 8 aromatic carbocycles. The zero-order valence-electron chi connectivity index (χ0n) is 48.5. The second-order valence-electron chi connectivity index (χ2n) is 23.3. The molecule has 8 aliphatic rings. The van der Waals surface area contributed by atoms with Gasteiger partial charge in [0.25, 0.3) is 0 Å². The van der Waals surface area contributed by atoms with Crippen LogP contribution >= 0.6 is 0 Å². The van der Waals surface area contributed by atoms with Gasteiger partial charge >= 0.3 is 111 Å². The van der Waals surface area contributed by atoms with Crippen LogP contribution in [0, 0.1) is 11.8 Å². The van der Waals surface area contributed by atoms with Crippen molar-refractivity contribution < 1.29 is 82.1 Å². The summed E-state index contributed by atoms with van der Waals surface area (Å²) in [7, 11) is -50.7. The predicted octanol–water partition coefficient (Wildman–Crippen LogP) is 3.91. The number of benzene rings is 8. The third-order valence-electron chi connectivity index (χ3n) is 16.8. The molecule has 8 aliphatic heterocycles. The summed E-state index contributed by atoms with van der Waals surface area (Å²) in [6.07, 6.45) is -0.547. The number of hydrogen-bond donors (Lipinski definition) is 0. The number of cyclic esters (lactones) is 4. The van der Waals surface area contributed by atoms with Crippen LogP contribution in [0.4, 0.5) is 0 Å². The smallest absolute Gasteiger partial charge is 0.412 e. The highest BCUT2D eigenvalue weighted by Crippen LogP contribution is 2.50. The molecule has 8 fully saturated rings. The Bertz CT molecular complexity index is 3520. The minimum Gasteiger partial charge on any atom is -0.412 e. The molecule has 0 amide bonds. The van der Waals surface area contributed by atoms with Crippen molar-refractivity contribution in [3.8, 4) is 0 Å². The fourth-order valence-electron chi connectivity index (χ4n) is 13.0. The summed E-state index contributed by atoms with van der Waals surface area (Å²) >= 11 is 0. The van der Waals surface area contributed by atoms with Gasteiger partial charge in [-0.25, -0.2) is 0 Å². The number of carbonyl (C=O) groups is 4. The molecule has 29 heteroatoms. The maximum Gasteiger partial charge on any atom is 0.515 e. The van der Waals surface area contributed by atoms with E-state index in [1.165, 1.54) is 0 Å². The molecule has 16 rings (SSSR count). The normalized spacial score (nSPS) is 35.5. The maximum absolute atomic E-state index is 14.3. The number of rotatable bonds is 12. The summed E-state index contributed by atoms with van der Waals surface area (Å²) in [5.41, 5.74) is -0.203. The van der Waals surface area contributed by atoms with E-state index in [0.29, 0.717) is 41.5 Å². The Hall–Kier alpha value is -6.31. The standard InChI is InChI=1S/C61H58O19Si10/c1-81(45-48-43-58(62)66-60(48)64)68-83(50-27-11-3-12-28-50)47-84(51-29-13-4-14-30-51)73-85(52-31-15-5-16-32-52)70-82(2,46-49-44-59(63)67-61(49)65)71-87(54-35-19-7-20-36-54)77-89(74-84,56-39-23-9-24-40-56)76-86(69-81,53-33-17-6-18-34-53)78-90(79-87,57-41-25-10-26-42-57)80-88(72-83,75-85)55-37-21-8-22-38-55/h3-42,48-49H,43-47H2,1-2H3. The molecule has 0 aromatic heterocycles. The van der Waals surface area contributed by atoms with Crippen LogP contribution in [0.15, 0.2) is 243 Å². The van der Waals surface area contributed by atoms with Crippen molar-refractivity contribution in [3.05, 3.63) is 243 Å². The van der Waals surface area contributed by atoms with Crippen molar-refractivity contribution in [2.75, 3.05) is 0 Å². The molecule has 456 valence electrons. The van der Waals surface area contributed by atoms with Gasteiger partial charge in [-0.05, 0) is 23.5 Å². The summed E-state index contributed by atoms with van der Waals surface area (Å²) < 4.78 is 121. The van der Waals surface area contributed by atoms with Gasteiger partial charge in [-0.1, -0.05) is 243 Å². The Labute approximate surface area is 529 Å². The van der Waals surface area contributed by atoms with E-state index in [9.17, 15) is 19.2 Å². The number of hydrogen-bond acceptors (Lipinski definition) is 19. The highest BCUT2D eigenvalue weighted by molar-refractivity contribution is 7.15. The fourth-order valence-corrected chi connectivity index (χ4v) is 75.2. The highest BCUT2D eigenvalue weighted by Gasteiger charge is 2.83. The topological polar surface area (TPSA) is 207 Å². The Morgan fingerprint density at radius 1 is 0.278 bits per heavy atom. The van der Waals surface area contributed by atoms with Crippen LogP contribution < -0.4 is 41.5 Å². The first-order chi connectivity index (χ1) is 43.5. The van der Waals surface area contributed by atoms with Gasteiger partial charge in [-0.15, -0.1) is 0 Å². The number of esters is 4. The molecule has 0 radical (unpaired) electrons. The predicted molar refractivity (Wildman–Crippen MR) is 345 cm³/mol. The van der Waals surface area contributed by atoms with Gasteiger partial charge in [0, 0.05) is 48.9 Å². The van der Waals surface area contributed by atoms with Gasteiger partial charge in [-0.2, -0.15) is 0 Å². The Morgan fingerprint density at radius 3 is 0.744 bits per heavy atom. The SMILES string of the molecule is C[Si]1(CC2CC(=O)OC2=O)O[Si]2(c3ccccc3)C[Si]3(c4ccccc4)O[Si]4(c5ccccc5)O[Si](C)(CC5CC(=O)OC5=O)O[Si]5(c6ccccc6)O[Si](c6ccccc6)(O3)O[Si](c3ccccc3)(O1)O[Si](c1ccccc1)(O5)O[Si](c1ccccc1)(O2)O4. The van der Waals surface area contributed by atoms with E-state index >= 15 is 0 Å². The van der Waals surface area contributed by atoms with Crippen LogP contribution in [-0.2, 0) is 82.1 Å². The average Bonchev–Trinajstić information content (AvgIpc) is 0.721. The second-order valence-corrected chi connectivity index (χ2v) is 55.0. The quantitative estimate of drug-likeness (QED) is 0.0966. The van der Waals surface area contributed by atoms with E-state index < -0.39 is 123 Å². The number of carbonyl (C=O) groups excluding carboxylic acids is 4. The first-order valence-corrected chi connectivity index (χ1v) is 49.0. The Kier molecular flexibility index (Phi) is 15.2. The summed E-state index contributed by atoms with van der Waals surface area (Å²) in [5.74, 6) is -5.03. The molecule has 8 heterocycles. The molecule has 8 bridgehead atoms. The zero-order chi connectivity index (χ0) is 61.5. The molecule has 8 aromatic rings. The fraction of sp³-hybridized carbons (Fsp3) is 0.148. The lowest BCUT2D eigenvalue weighted by Gasteiger charge is -2.61. The van der Waals surface area contributed by atoms with Crippen molar-refractivity contribution in [1.29, 1.82) is 0 Å². The third kappa shape index (κ3) is 10.6. The van der Waals surface area contributed by atoms with Crippen molar-refractivity contribution in [1.82, 2.24) is 0 Å². The van der Waals surface area contributed by atoms with Gasteiger partial charge in [-0.3, -0.25) is 19.2 Å². The molecule has 12 unspecified atom stereocenters.